The van der Waals surface area contributed by atoms with E-state index < -0.39 is 0 Å². The average molecular weight is 321 g/mol. The Morgan fingerprint density at radius 1 is 1.04 bits per heavy atom. The highest BCUT2D eigenvalue weighted by Crippen LogP contribution is 2.22. The first-order valence-corrected chi connectivity index (χ1v) is 8.26. The topological polar surface area (TPSA) is 35.9 Å². The lowest BCUT2D eigenvalue weighted by Gasteiger charge is -2.31. The summed E-state index contributed by atoms with van der Waals surface area (Å²) in [5.74, 6) is 0.0450. The highest BCUT2D eigenvalue weighted by molar-refractivity contribution is 6.04. The molecule has 0 saturated carbocycles. The molecule has 4 heteroatoms. The SMILES string of the molecule is CN(C)CC1CC(c2ccccc2)=NN(Cc2ccccc2)C1=O. The van der Waals surface area contributed by atoms with Crippen LogP contribution in [-0.4, -0.2) is 42.2 Å². The summed E-state index contributed by atoms with van der Waals surface area (Å²) in [5, 5.41) is 6.30. The second kappa shape index (κ2) is 7.41. The van der Waals surface area contributed by atoms with E-state index in [0.29, 0.717) is 13.0 Å². The Morgan fingerprint density at radius 2 is 1.67 bits per heavy atom. The maximum atomic E-state index is 12.8. The van der Waals surface area contributed by atoms with Gasteiger partial charge in [0, 0.05) is 13.0 Å². The van der Waals surface area contributed by atoms with Gasteiger partial charge in [0.15, 0.2) is 0 Å². The van der Waals surface area contributed by atoms with Crippen molar-refractivity contribution in [1.82, 2.24) is 9.91 Å². The molecule has 0 radical (unpaired) electrons. The Kier molecular flexibility index (Phi) is 5.06. The van der Waals surface area contributed by atoms with E-state index >= 15 is 0 Å². The van der Waals surface area contributed by atoms with Gasteiger partial charge in [0.2, 0.25) is 5.91 Å². The molecule has 2 aromatic carbocycles. The summed E-state index contributed by atoms with van der Waals surface area (Å²) >= 11 is 0. The van der Waals surface area contributed by atoms with Crippen molar-refractivity contribution in [1.29, 1.82) is 0 Å². The number of hydrazone groups is 1. The Labute approximate surface area is 143 Å². The first-order valence-electron chi connectivity index (χ1n) is 8.26. The molecule has 1 amide bonds. The minimum absolute atomic E-state index is 0.0589. The number of rotatable bonds is 5. The molecule has 0 N–H and O–H groups in total. The van der Waals surface area contributed by atoms with Crippen molar-refractivity contribution in [3.8, 4) is 0 Å². The van der Waals surface area contributed by atoms with Crippen molar-refractivity contribution in [3.63, 3.8) is 0 Å². The van der Waals surface area contributed by atoms with Gasteiger partial charge in [-0.15, -0.1) is 0 Å². The van der Waals surface area contributed by atoms with Gasteiger partial charge >= 0.3 is 0 Å². The standard InChI is InChI=1S/C20H23N3O/c1-22(2)15-18-13-19(17-11-7-4-8-12-17)21-23(20(18)24)14-16-9-5-3-6-10-16/h3-12,18H,13-15H2,1-2H3. The minimum Gasteiger partial charge on any atom is -0.309 e. The van der Waals surface area contributed by atoms with Gasteiger partial charge in [-0.2, -0.15) is 5.10 Å². The lowest BCUT2D eigenvalue weighted by atomic mass is 9.94. The Morgan fingerprint density at radius 3 is 2.29 bits per heavy atom. The second-order valence-electron chi connectivity index (χ2n) is 6.46. The highest BCUT2D eigenvalue weighted by Gasteiger charge is 2.31. The van der Waals surface area contributed by atoms with Crippen LogP contribution in [0.1, 0.15) is 17.5 Å². The van der Waals surface area contributed by atoms with E-state index in [2.05, 4.69) is 22.1 Å². The summed E-state index contributed by atoms with van der Waals surface area (Å²) in [5.41, 5.74) is 3.16. The van der Waals surface area contributed by atoms with E-state index in [1.54, 1.807) is 5.01 Å². The van der Waals surface area contributed by atoms with Gasteiger partial charge in [-0.1, -0.05) is 60.7 Å². The quantitative estimate of drug-likeness (QED) is 0.849. The average Bonchev–Trinajstić information content (AvgIpc) is 2.59. The maximum Gasteiger partial charge on any atom is 0.247 e. The zero-order valence-electron chi connectivity index (χ0n) is 14.2. The van der Waals surface area contributed by atoms with Gasteiger partial charge in [-0.05, 0) is 25.2 Å². The normalized spacial score (nSPS) is 18.0. The first kappa shape index (κ1) is 16.4. The molecule has 0 spiro atoms. The molecule has 0 aliphatic carbocycles. The molecule has 3 rings (SSSR count). The summed E-state index contributed by atoms with van der Waals surface area (Å²) < 4.78 is 0. The molecule has 0 saturated heterocycles. The van der Waals surface area contributed by atoms with Crippen molar-refractivity contribution in [3.05, 3.63) is 71.8 Å². The van der Waals surface area contributed by atoms with Crippen molar-refractivity contribution >= 4 is 11.6 Å². The Bertz CT molecular complexity index is 710. The van der Waals surface area contributed by atoms with Gasteiger partial charge in [0.05, 0.1) is 18.2 Å². The molecule has 1 aliphatic rings. The van der Waals surface area contributed by atoms with E-state index in [1.807, 2.05) is 62.6 Å². The zero-order valence-corrected chi connectivity index (χ0v) is 14.2. The molecule has 124 valence electrons. The number of nitrogens with zero attached hydrogens (tertiary/aromatic N) is 3. The number of carbonyl (C=O) groups is 1. The van der Waals surface area contributed by atoms with E-state index in [4.69, 9.17) is 0 Å². The molecule has 1 heterocycles. The van der Waals surface area contributed by atoms with E-state index in [9.17, 15) is 4.79 Å². The number of hydrogen-bond acceptors (Lipinski definition) is 3. The maximum absolute atomic E-state index is 12.8. The van der Waals surface area contributed by atoms with Gasteiger partial charge in [0.1, 0.15) is 0 Å². The van der Waals surface area contributed by atoms with Crippen LogP contribution in [0.4, 0.5) is 0 Å². The van der Waals surface area contributed by atoms with Crippen LogP contribution in [0.25, 0.3) is 0 Å². The van der Waals surface area contributed by atoms with Crippen LogP contribution < -0.4 is 0 Å². The van der Waals surface area contributed by atoms with Gasteiger partial charge < -0.3 is 4.90 Å². The molecule has 1 unspecified atom stereocenters. The molecule has 0 bridgehead atoms. The van der Waals surface area contributed by atoms with Crippen LogP contribution in [0.5, 0.6) is 0 Å². The zero-order chi connectivity index (χ0) is 16.9. The fourth-order valence-electron chi connectivity index (χ4n) is 3.03. The van der Waals surface area contributed by atoms with E-state index in [0.717, 1.165) is 23.4 Å². The van der Waals surface area contributed by atoms with Crippen LogP contribution in [-0.2, 0) is 11.3 Å². The summed E-state index contributed by atoms with van der Waals surface area (Å²) in [6.07, 6.45) is 0.687. The van der Waals surface area contributed by atoms with Crippen LogP contribution in [0.15, 0.2) is 65.8 Å². The van der Waals surface area contributed by atoms with Crippen LogP contribution in [0, 0.1) is 5.92 Å². The van der Waals surface area contributed by atoms with E-state index in [1.165, 1.54) is 0 Å². The fourth-order valence-corrected chi connectivity index (χ4v) is 3.03. The summed E-state index contributed by atoms with van der Waals surface area (Å²) in [7, 11) is 4.01. The van der Waals surface area contributed by atoms with Gasteiger partial charge in [-0.25, -0.2) is 5.01 Å². The summed E-state index contributed by atoms with van der Waals surface area (Å²) in [6, 6.07) is 20.1. The largest absolute Gasteiger partial charge is 0.309 e. The van der Waals surface area contributed by atoms with Crippen molar-refractivity contribution in [2.75, 3.05) is 20.6 Å². The molecule has 0 aromatic heterocycles. The van der Waals surface area contributed by atoms with Crippen LogP contribution in [0.3, 0.4) is 0 Å². The summed E-state index contributed by atoms with van der Waals surface area (Å²) in [6.45, 7) is 1.25. The Hall–Kier alpha value is -2.46. The van der Waals surface area contributed by atoms with Crippen molar-refractivity contribution < 1.29 is 4.79 Å². The molecule has 1 aliphatic heterocycles. The van der Waals surface area contributed by atoms with Crippen LogP contribution >= 0.6 is 0 Å². The van der Waals surface area contributed by atoms with Gasteiger partial charge in [0.25, 0.3) is 0 Å². The highest BCUT2D eigenvalue weighted by atomic mass is 16.2. The third-order valence-electron chi connectivity index (χ3n) is 4.15. The predicted molar refractivity (Wildman–Crippen MR) is 96.6 cm³/mol. The molecule has 4 nitrogen and oxygen atoms in total. The molecular weight excluding hydrogens is 298 g/mol. The first-order chi connectivity index (χ1) is 11.6. The monoisotopic (exact) mass is 321 g/mol. The molecule has 2 aromatic rings. The molecular formula is C20H23N3O. The lowest BCUT2D eigenvalue weighted by molar-refractivity contribution is -0.137. The van der Waals surface area contributed by atoms with Gasteiger partial charge in [-0.3, -0.25) is 4.79 Å². The Balaban J connectivity index is 1.90. The van der Waals surface area contributed by atoms with Crippen molar-refractivity contribution in [2.24, 2.45) is 11.0 Å². The lowest BCUT2D eigenvalue weighted by Crippen LogP contribution is -2.42. The number of amides is 1. The van der Waals surface area contributed by atoms with Crippen molar-refractivity contribution in [2.45, 2.75) is 13.0 Å². The predicted octanol–water partition coefficient (Wildman–Crippen LogP) is 3.00. The molecule has 0 fully saturated rings. The number of benzene rings is 2. The van der Waals surface area contributed by atoms with E-state index in [-0.39, 0.29) is 11.8 Å². The number of carbonyl (C=O) groups excluding carboxylic acids is 1. The fraction of sp³-hybridized carbons (Fsp3) is 0.300. The third kappa shape index (κ3) is 3.89. The number of hydrogen-bond donors (Lipinski definition) is 0. The molecule has 1 atom stereocenters. The van der Waals surface area contributed by atoms with Crippen LogP contribution in [0.2, 0.25) is 0 Å². The second-order valence-corrected chi connectivity index (χ2v) is 6.46. The summed E-state index contributed by atoms with van der Waals surface area (Å²) in [4.78, 5) is 14.9. The minimum atomic E-state index is -0.0589. The molecule has 24 heavy (non-hydrogen) atoms. The smallest absolute Gasteiger partial charge is 0.247 e. The third-order valence-corrected chi connectivity index (χ3v) is 4.15.